The van der Waals surface area contributed by atoms with Gasteiger partial charge in [0.1, 0.15) is 0 Å². The van der Waals surface area contributed by atoms with Gasteiger partial charge < -0.3 is 0 Å². The highest BCUT2D eigenvalue weighted by molar-refractivity contribution is 4.86. The van der Waals surface area contributed by atoms with Crippen LogP contribution in [-0.2, 0) is 0 Å². The van der Waals surface area contributed by atoms with Crippen molar-refractivity contribution in [3.8, 4) is 6.07 Å². The van der Waals surface area contributed by atoms with Gasteiger partial charge in [-0.1, -0.05) is 6.42 Å². The van der Waals surface area contributed by atoms with Crippen molar-refractivity contribution in [1.82, 2.24) is 4.90 Å². The van der Waals surface area contributed by atoms with Gasteiger partial charge in [-0.2, -0.15) is 18.4 Å². The molecule has 1 unspecified atom stereocenters. The van der Waals surface area contributed by atoms with E-state index in [0.717, 1.165) is 12.8 Å². The molecule has 2 nitrogen and oxygen atoms in total. The average molecular weight is 206 g/mol. The van der Waals surface area contributed by atoms with Crippen molar-refractivity contribution in [2.75, 3.05) is 13.1 Å². The van der Waals surface area contributed by atoms with Crippen LogP contribution in [0, 0.1) is 11.3 Å². The lowest BCUT2D eigenvalue weighted by Gasteiger charge is -2.34. The normalized spacial score (nSPS) is 24.6. The first-order valence-corrected chi connectivity index (χ1v) is 4.70. The Balaban J connectivity index is 2.50. The van der Waals surface area contributed by atoms with E-state index in [9.17, 15) is 13.2 Å². The predicted octanol–water partition coefficient (Wildman–Crippen LogP) is 2.32. The number of nitrogens with zero attached hydrogens (tertiary/aromatic N) is 2. The molecule has 14 heavy (non-hydrogen) atoms. The van der Waals surface area contributed by atoms with Gasteiger partial charge in [0, 0.05) is 6.04 Å². The van der Waals surface area contributed by atoms with Crippen LogP contribution >= 0.6 is 0 Å². The molecular weight excluding hydrogens is 193 g/mol. The molecule has 5 heteroatoms. The van der Waals surface area contributed by atoms with E-state index < -0.39 is 12.7 Å². The van der Waals surface area contributed by atoms with Crippen LogP contribution in [0.5, 0.6) is 0 Å². The zero-order chi connectivity index (χ0) is 10.6. The minimum absolute atomic E-state index is 0.199. The summed E-state index contributed by atoms with van der Waals surface area (Å²) in [6.07, 6.45) is -1.50. The molecule has 80 valence electrons. The van der Waals surface area contributed by atoms with Crippen LogP contribution in [0.1, 0.15) is 25.7 Å². The van der Waals surface area contributed by atoms with Crippen molar-refractivity contribution in [1.29, 1.82) is 5.26 Å². The van der Waals surface area contributed by atoms with E-state index in [-0.39, 0.29) is 12.5 Å². The summed E-state index contributed by atoms with van der Waals surface area (Å²) in [5.74, 6) is 0. The molecule has 1 saturated heterocycles. The van der Waals surface area contributed by atoms with Crippen LogP contribution in [0.25, 0.3) is 0 Å². The van der Waals surface area contributed by atoms with Gasteiger partial charge in [-0.3, -0.25) is 4.90 Å². The van der Waals surface area contributed by atoms with Gasteiger partial charge in [-0.15, -0.1) is 0 Å². The molecule has 1 atom stereocenters. The molecule has 0 aromatic heterocycles. The van der Waals surface area contributed by atoms with Gasteiger partial charge in [-0.25, -0.2) is 0 Å². The van der Waals surface area contributed by atoms with Gasteiger partial charge in [0.15, 0.2) is 0 Å². The Labute approximate surface area is 81.3 Å². The van der Waals surface area contributed by atoms with Crippen molar-refractivity contribution in [3.63, 3.8) is 0 Å². The fraction of sp³-hybridized carbons (Fsp3) is 0.889. The Morgan fingerprint density at radius 3 is 2.64 bits per heavy atom. The van der Waals surface area contributed by atoms with Gasteiger partial charge in [0.2, 0.25) is 0 Å². The fourth-order valence-corrected chi connectivity index (χ4v) is 1.83. The lowest BCUT2D eigenvalue weighted by atomic mass is 10.00. The minimum Gasteiger partial charge on any atom is -0.291 e. The number of piperidine rings is 1. The monoisotopic (exact) mass is 206 g/mol. The third-order valence-electron chi connectivity index (χ3n) is 2.46. The molecular formula is C9H13F3N2. The minimum atomic E-state index is -4.15. The maximum atomic E-state index is 12.1. The largest absolute Gasteiger partial charge is 0.401 e. The van der Waals surface area contributed by atoms with Crippen molar-refractivity contribution < 1.29 is 13.2 Å². The Morgan fingerprint density at radius 2 is 2.07 bits per heavy atom. The number of likely N-dealkylation sites (tertiary alicyclic amines) is 1. The summed E-state index contributed by atoms with van der Waals surface area (Å²) in [4.78, 5) is 1.38. The lowest BCUT2D eigenvalue weighted by Crippen LogP contribution is -2.44. The molecule has 1 fully saturated rings. The Hall–Kier alpha value is -0.760. The maximum Gasteiger partial charge on any atom is 0.401 e. The number of rotatable bonds is 2. The first kappa shape index (κ1) is 11.3. The molecule has 0 aliphatic carbocycles. The van der Waals surface area contributed by atoms with Crippen LogP contribution < -0.4 is 0 Å². The third kappa shape index (κ3) is 3.54. The van der Waals surface area contributed by atoms with Crippen molar-refractivity contribution >= 4 is 0 Å². The number of nitriles is 1. The van der Waals surface area contributed by atoms with Gasteiger partial charge in [0.25, 0.3) is 0 Å². The molecule has 0 aromatic carbocycles. The van der Waals surface area contributed by atoms with Crippen molar-refractivity contribution in [3.05, 3.63) is 0 Å². The smallest absolute Gasteiger partial charge is 0.291 e. The predicted molar refractivity (Wildman–Crippen MR) is 45.5 cm³/mol. The van der Waals surface area contributed by atoms with Crippen LogP contribution in [0.2, 0.25) is 0 Å². The van der Waals surface area contributed by atoms with Crippen LogP contribution in [-0.4, -0.2) is 30.2 Å². The molecule has 0 N–H and O–H groups in total. The van der Waals surface area contributed by atoms with E-state index in [1.807, 2.05) is 6.07 Å². The van der Waals surface area contributed by atoms with Gasteiger partial charge >= 0.3 is 6.18 Å². The molecule has 0 bridgehead atoms. The molecule has 0 radical (unpaired) electrons. The van der Waals surface area contributed by atoms with Crippen LogP contribution in [0.3, 0.4) is 0 Å². The number of alkyl halides is 3. The van der Waals surface area contributed by atoms with E-state index in [1.165, 1.54) is 4.90 Å². The molecule has 1 aliphatic heterocycles. The highest BCUT2D eigenvalue weighted by Gasteiger charge is 2.34. The highest BCUT2D eigenvalue weighted by atomic mass is 19.4. The summed E-state index contributed by atoms with van der Waals surface area (Å²) in [7, 11) is 0. The fourth-order valence-electron chi connectivity index (χ4n) is 1.83. The summed E-state index contributed by atoms with van der Waals surface area (Å²) < 4.78 is 36.4. The average Bonchev–Trinajstić information content (AvgIpc) is 2.06. The third-order valence-corrected chi connectivity index (χ3v) is 2.46. The topological polar surface area (TPSA) is 27.0 Å². The molecule has 1 heterocycles. The zero-order valence-electron chi connectivity index (χ0n) is 7.85. The molecule has 0 aromatic rings. The lowest BCUT2D eigenvalue weighted by molar-refractivity contribution is -0.153. The highest BCUT2D eigenvalue weighted by Crippen LogP contribution is 2.24. The Kier molecular flexibility index (Phi) is 3.76. The molecule has 0 amide bonds. The van der Waals surface area contributed by atoms with Crippen molar-refractivity contribution in [2.45, 2.75) is 37.9 Å². The zero-order valence-corrected chi connectivity index (χ0v) is 7.85. The summed E-state index contributed by atoms with van der Waals surface area (Å²) in [6.45, 7) is -0.412. The second kappa shape index (κ2) is 4.65. The van der Waals surface area contributed by atoms with E-state index in [1.54, 1.807) is 0 Å². The molecule has 1 aliphatic rings. The standard InChI is InChI=1S/C9H13F3N2/c10-9(11,12)7-14-6-2-1-3-8(14)4-5-13/h8H,1-4,6-7H2. The number of hydrogen-bond acceptors (Lipinski definition) is 2. The van der Waals surface area contributed by atoms with E-state index in [0.29, 0.717) is 13.0 Å². The van der Waals surface area contributed by atoms with Crippen LogP contribution in [0.4, 0.5) is 13.2 Å². The van der Waals surface area contributed by atoms with Crippen molar-refractivity contribution in [2.24, 2.45) is 0 Å². The Morgan fingerprint density at radius 1 is 1.36 bits per heavy atom. The quantitative estimate of drug-likeness (QED) is 0.693. The molecule has 0 saturated carbocycles. The first-order valence-electron chi connectivity index (χ1n) is 4.70. The van der Waals surface area contributed by atoms with E-state index in [4.69, 9.17) is 5.26 Å². The molecule has 0 spiro atoms. The first-order chi connectivity index (χ1) is 6.53. The second-order valence-corrected chi connectivity index (χ2v) is 3.60. The van der Waals surface area contributed by atoms with Gasteiger partial charge in [-0.05, 0) is 19.4 Å². The SMILES string of the molecule is N#CCC1CCCCN1CC(F)(F)F. The summed E-state index contributed by atoms with van der Waals surface area (Å²) in [5.41, 5.74) is 0. The van der Waals surface area contributed by atoms with Crippen LogP contribution in [0.15, 0.2) is 0 Å². The molecule has 1 rings (SSSR count). The Bertz CT molecular complexity index is 219. The second-order valence-electron chi connectivity index (χ2n) is 3.60. The maximum absolute atomic E-state index is 12.1. The van der Waals surface area contributed by atoms with E-state index in [2.05, 4.69) is 0 Å². The summed E-state index contributed by atoms with van der Waals surface area (Å²) in [5, 5.41) is 8.48. The van der Waals surface area contributed by atoms with E-state index >= 15 is 0 Å². The summed E-state index contributed by atoms with van der Waals surface area (Å²) >= 11 is 0. The summed E-state index contributed by atoms with van der Waals surface area (Å²) in [6, 6.07) is 1.75. The van der Waals surface area contributed by atoms with Gasteiger partial charge in [0.05, 0.1) is 19.0 Å². The number of hydrogen-bond donors (Lipinski definition) is 0. The number of halogens is 3.